The highest BCUT2D eigenvalue weighted by atomic mass is 35.5. The minimum absolute atomic E-state index is 0.0187. The van der Waals surface area contributed by atoms with Gasteiger partial charge in [0.05, 0.1) is 31.6 Å². The summed E-state index contributed by atoms with van der Waals surface area (Å²) in [7, 11) is 1.52. The maximum atomic E-state index is 11.0. The summed E-state index contributed by atoms with van der Waals surface area (Å²) in [4.78, 5) is 19.2. The molecule has 0 aliphatic rings. The number of carbonyl (C=O) groups is 1. The zero-order valence-corrected chi connectivity index (χ0v) is 9.65. The molecule has 5 nitrogen and oxygen atoms in total. The second kappa shape index (κ2) is 4.09. The third kappa shape index (κ3) is 1.86. The minimum Gasteiger partial charge on any atom is -0.480 e. The first-order valence-electron chi connectivity index (χ1n) is 4.67. The molecule has 0 saturated carbocycles. The fraction of sp³-hybridized carbons (Fsp3) is 0.300. The number of ketones is 1. The van der Waals surface area contributed by atoms with E-state index in [0.717, 1.165) is 0 Å². The van der Waals surface area contributed by atoms with Crippen molar-refractivity contribution in [2.75, 3.05) is 7.11 Å². The lowest BCUT2D eigenvalue weighted by molar-refractivity contribution is -0.116. The Morgan fingerprint density at radius 3 is 3.00 bits per heavy atom. The van der Waals surface area contributed by atoms with Crippen LogP contribution in [0.15, 0.2) is 12.4 Å². The van der Waals surface area contributed by atoms with E-state index >= 15 is 0 Å². The molecule has 0 atom stereocenters. The van der Waals surface area contributed by atoms with E-state index in [1.807, 2.05) is 0 Å². The highest BCUT2D eigenvalue weighted by Gasteiger charge is 2.12. The summed E-state index contributed by atoms with van der Waals surface area (Å²) in [5, 5.41) is 0.422. The molecule has 0 amide bonds. The summed E-state index contributed by atoms with van der Waals surface area (Å²) in [6.45, 7) is 1.50. The Morgan fingerprint density at radius 1 is 1.62 bits per heavy atom. The molecule has 0 spiro atoms. The van der Waals surface area contributed by atoms with Crippen LogP contribution >= 0.6 is 11.6 Å². The second-order valence-electron chi connectivity index (χ2n) is 3.39. The van der Waals surface area contributed by atoms with Gasteiger partial charge in [0.25, 0.3) is 0 Å². The number of halogens is 1. The molecule has 0 unspecified atom stereocenters. The van der Waals surface area contributed by atoms with Gasteiger partial charge in [0, 0.05) is 0 Å². The molecule has 84 valence electrons. The molecule has 0 aliphatic heterocycles. The molecule has 0 saturated heterocycles. The van der Waals surface area contributed by atoms with Crippen LogP contribution in [0.3, 0.4) is 0 Å². The minimum atomic E-state index is 0.0187. The van der Waals surface area contributed by atoms with Crippen molar-refractivity contribution >= 4 is 23.0 Å². The second-order valence-corrected chi connectivity index (χ2v) is 3.74. The fourth-order valence-corrected chi connectivity index (χ4v) is 1.66. The van der Waals surface area contributed by atoms with Crippen molar-refractivity contribution in [1.29, 1.82) is 0 Å². The molecule has 0 aliphatic carbocycles. The predicted octanol–water partition coefficient (Wildman–Crippen LogP) is 1.52. The number of methoxy groups -OCH3 is 1. The standard InChI is InChI=1S/C10H10ClN3O2/c1-6(15)3-7-10(11)14-5-9(16-2)12-4-8(14)13-7/h4-5H,3H2,1-2H3. The van der Waals surface area contributed by atoms with E-state index in [2.05, 4.69) is 9.97 Å². The van der Waals surface area contributed by atoms with Gasteiger partial charge in [-0.2, -0.15) is 0 Å². The Bertz CT molecular complexity index is 550. The Morgan fingerprint density at radius 2 is 2.38 bits per heavy atom. The van der Waals surface area contributed by atoms with Crippen LogP contribution in [0.1, 0.15) is 12.6 Å². The molecule has 2 aromatic rings. The molecule has 6 heteroatoms. The van der Waals surface area contributed by atoms with E-state index < -0.39 is 0 Å². The van der Waals surface area contributed by atoms with Crippen molar-refractivity contribution in [2.24, 2.45) is 0 Å². The Labute approximate surface area is 97.0 Å². The molecule has 0 aromatic carbocycles. The first kappa shape index (κ1) is 10.9. The Balaban J connectivity index is 2.54. The van der Waals surface area contributed by atoms with Crippen LogP contribution in [-0.4, -0.2) is 27.3 Å². The predicted molar refractivity (Wildman–Crippen MR) is 58.9 cm³/mol. The number of hydrogen-bond donors (Lipinski definition) is 0. The van der Waals surface area contributed by atoms with Crippen molar-refractivity contribution in [3.05, 3.63) is 23.2 Å². The highest BCUT2D eigenvalue weighted by molar-refractivity contribution is 6.30. The largest absolute Gasteiger partial charge is 0.480 e. The van der Waals surface area contributed by atoms with Crippen LogP contribution in [0.25, 0.3) is 5.65 Å². The topological polar surface area (TPSA) is 56.5 Å². The van der Waals surface area contributed by atoms with Gasteiger partial charge in [-0.1, -0.05) is 11.6 Å². The summed E-state index contributed by atoms with van der Waals surface area (Å²) < 4.78 is 6.63. The van der Waals surface area contributed by atoms with Crippen LogP contribution in [0, 0.1) is 0 Å². The SMILES string of the molecule is COc1cn2c(Cl)c(CC(C)=O)nc2cn1. The van der Waals surface area contributed by atoms with Gasteiger partial charge in [-0.15, -0.1) is 0 Å². The lowest BCUT2D eigenvalue weighted by Gasteiger charge is -1.99. The van der Waals surface area contributed by atoms with Crippen LogP contribution in [-0.2, 0) is 11.2 Å². The first-order valence-corrected chi connectivity index (χ1v) is 5.05. The summed E-state index contributed by atoms with van der Waals surface area (Å²) in [5.74, 6) is 0.464. The number of imidazole rings is 1. The van der Waals surface area contributed by atoms with Crippen molar-refractivity contribution < 1.29 is 9.53 Å². The van der Waals surface area contributed by atoms with Crippen LogP contribution in [0.4, 0.5) is 0 Å². The lowest BCUT2D eigenvalue weighted by Crippen LogP contribution is -1.97. The van der Waals surface area contributed by atoms with Gasteiger partial charge >= 0.3 is 0 Å². The number of carbonyl (C=O) groups excluding carboxylic acids is 1. The molecular weight excluding hydrogens is 230 g/mol. The molecule has 2 heterocycles. The number of nitrogens with zero attached hydrogens (tertiary/aromatic N) is 3. The normalized spacial score (nSPS) is 10.7. The van der Waals surface area contributed by atoms with Crippen LogP contribution in [0.2, 0.25) is 5.15 Å². The van der Waals surface area contributed by atoms with E-state index in [1.165, 1.54) is 14.0 Å². The van der Waals surface area contributed by atoms with E-state index in [0.29, 0.717) is 22.4 Å². The highest BCUT2D eigenvalue weighted by Crippen LogP contribution is 2.20. The average Bonchev–Trinajstić information content (AvgIpc) is 2.55. The number of aromatic nitrogens is 3. The van der Waals surface area contributed by atoms with Crippen molar-refractivity contribution in [1.82, 2.24) is 14.4 Å². The zero-order valence-electron chi connectivity index (χ0n) is 8.90. The maximum absolute atomic E-state index is 11.0. The molecule has 0 N–H and O–H groups in total. The van der Waals surface area contributed by atoms with Gasteiger partial charge in [0.2, 0.25) is 5.88 Å². The van der Waals surface area contributed by atoms with Crippen molar-refractivity contribution in [3.8, 4) is 5.88 Å². The number of ether oxygens (including phenoxy) is 1. The summed E-state index contributed by atoms with van der Waals surface area (Å²) in [6.07, 6.45) is 3.41. The first-order chi connectivity index (χ1) is 7.61. The van der Waals surface area contributed by atoms with Gasteiger partial charge in [-0.05, 0) is 6.92 Å². The molecule has 0 radical (unpaired) electrons. The third-order valence-corrected chi connectivity index (χ3v) is 2.52. The number of fused-ring (bicyclic) bond motifs is 1. The number of hydrogen-bond acceptors (Lipinski definition) is 4. The van der Waals surface area contributed by atoms with Gasteiger partial charge in [-0.3, -0.25) is 9.20 Å². The summed E-state index contributed by atoms with van der Waals surface area (Å²) in [6, 6.07) is 0. The fourth-order valence-electron chi connectivity index (χ4n) is 1.41. The Hall–Kier alpha value is -1.62. The summed E-state index contributed by atoms with van der Waals surface area (Å²) >= 11 is 6.10. The zero-order chi connectivity index (χ0) is 11.7. The van der Waals surface area contributed by atoms with Gasteiger partial charge in [0.1, 0.15) is 10.9 Å². The van der Waals surface area contributed by atoms with E-state index in [9.17, 15) is 4.79 Å². The van der Waals surface area contributed by atoms with Gasteiger partial charge < -0.3 is 4.74 Å². The monoisotopic (exact) mass is 239 g/mol. The van der Waals surface area contributed by atoms with Gasteiger partial charge in [-0.25, -0.2) is 9.97 Å². The van der Waals surface area contributed by atoms with Crippen LogP contribution in [0.5, 0.6) is 5.88 Å². The summed E-state index contributed by atoms with van der Waals surface area (Å²) in [5.41, 5.74) is 1.16. The third-order valence-electron chi connectivity index (χ3n) is 2.12. The lowest BCUT2D eigenvalue weighted by atomic mass is 10.2. The molecule has 16 heavy (non-hydrogen) atoms. The molecule has 2 rings (SSSR count). The van der Waals surface area contributed by atoms with Gasteiger partial charge in [0.15, 0.2) is 5.65 Å². The molecular formula is C10H10ClN3O2. The number of Topliss-reactive ketones (excluding diaryl/α,β-unsaturated/α-hetero) is 1. The molecule has 0 fully saturated rings. The quantitative estimate of drug-likeness (QED) is 0.815. The van der Waals surface area contributed by atoms with E-state index in [4.69, 9.17) is 16.3 Å². The smallest absolute Gasteiger partial charge is 0.230 e. The average molecular weight is 240 g/mol. The molecule has 2 aromatic heterocycles. The number of rotatable bonds is 3. The van der Waals surface area contributed by atoms with Crippen molar-refractivity contribution in [3.63, 3.8) is 0 Å². The van der Waals surface area contributed by atoms with Crippen LogP contribution < -0.4 is 4.74 Å². The van der Waals surface area contributed by atoms with E-state index in [-0.39, 0.29) is 12.2 Å². The van der Waals surface area contributed by atoms with E-state index in [1.54, 1.807) is 16.8 Å². The molecule has 0 bridgehead atoms. The Kier molecular flexibility index (Phi) is 2.78. The van der Waals surface area contributed by atoms with Crippen molar-refractivity contribution in [2.45, 2.75) is 13.3 Å². The maximum Gasteiger partial charge on any atom is 0.230 e.